The average molecular weight is 321 g/mol. The first-order valence-electron chi connectivity index (χ1n) is 8.14. The van der Waals surface area contributed by atoms with E-state index in [9.17, 15) is 4.79 Å². The molecule has 3 heterocycles. The van der Waals surface area contributed by atoms with Gasteiger partial charge >= 0.3 is 0 Å². The van der Waals surface area contributed by atoms with Crippen LogP contribution in [0.2, 0.25) is 0 Å². The van der Waals surface area contributed by atoms with Crippen LogP contribution in [0.4, 0.5) is 5.69 Å². The third kappa shape index (κ3) is 2.52. The summed E-state index contributed by atoms with van der Waals surface area (Å²) in [5.74, 6) is 0.0527. The normalized spacial score (nSPS) is 15.0. The second-order valence-corrected chi connectivity index (χ2v) is 6.13. The minimum atomic E-state index is 0.0527. The molecule has 0 unspecified atom stereocenters. The predicted octanol–water partition coefficient (Wildman–Crippen LogP) is 3.10. The number of aryl methyl sites for hydroxylation is 1. The second-order valence-electron chi connectivity index (χ2n) is 6.13. The number of nitrogens with zero attached hydrogens (tertiary/aromatic N) is 3. The smallest absolute Gasteiger partial charge is 0.257 e. The van der Waals surface area contributed by atoms with Crippen molar-refractivity contribution in [2.75, 3.05) is 31.1 Å². The quantitative estimate of drug-likeness (QED) is 0.728. The Kier molecular flexibility index (Phi) is 3.69. The molecule has 5 heteroatoms. The number of aromatic nitrogens is 1. The number of anilines is 1. The molecule has 0 radical (unpaired) electrons. The van der Waals surface area contributed by atoms with Crippen molar-refractivity contribution in [3.8, 4) is 0 Å². The Hall–Kier alpha value is -2.82. The molecular weight excluding hydrogens is 302 g/mol. The van der Waals surface area contributed by atoms with Crippen molar-refractivity contribution in [2.45, 2.75) is 6.92 Å². The van der Waals surface area contributed by atoms with Crippen molar-refractivity contribution in [1.82, 2.24) is 9.88 Å². The predicted molar refractivity (Wildman–Crippen MR) is 93.3 cm³/mol. The molecule has 5 nitrogen and oxygen atoms in total. The number of carbonyl (C=O) groups is 1. The molecule has 1 saturated heterocycles. The molecule has 0 N–H and O–H groups in total. The number of furan rings is 1. The summed E-state index contributed by atoms with van der Waals surface area (Å²) in [4.78, 5) is 21.1. The maximum Gasteiger partial charge on any atom is 0.257 e. The van der Waals surface area contributed by atoms with Crippen LogP contribution < -0.4 is 4.90 Å². The van der Waals surface area contributed by atoms with E-state index in [-0.39, 0.29) is 5.91 Å². The molecular formula is C19H19N3O2. The maximum atomic E-state index is 12.6. The number of piperazine rings is 1. The van der Waals surface area contributed by atoms with Crippen molar-refractivity contribution >= 4 is 22.4 Å². The van der Waals surface area contributed by atoms with Crippen LogP contribution in [0.5, 0.6) is 0 Å². The Balaban J connectivity index is 1.52. The van der Waals surface area contributed by atoms with Crippen LogP contribution in [-0.2, 0) is 0 Å². The molecule has 1 aliphatic rings. The van der Waals surface area contributed by atoms with E-state index in [1.54, 1.807) is 12.5 Å². The molecule has 24 heavy (non-hydrogen) atoms. The van der Waals surface area contributed by atoms with Gasteiger partial charge in [0.25, 0.3) is 5.91 Å². The van der Waals surface area contributed by atoms with Crippen LogP contribution in [0.3, 0.4) is 0 Å². The van der Waals surface area contributed by atoms with Crippen LogP contribution >= 0.6 is 0 Å². The van der Waals surface area contributed by atoms with E-state index in [2.05, 4.69) is 22.0 Å². The van der Waals surface area contributed by atoms with Crippen molar-refractivity contribution in [3.05, 3.63) is 60.3 Å². The molecule has 0 atom stereocenters. The van der Waals surface area contributed by atoms with Gasteiger partial charge in [0.2, 0.25) is 0 Å². The van der Waals surface area contributed by atoms with E-state index < -0.39 is 0 Å². The number of pyridine rings is 1. The van der Waals surface area contributed by atoms with Gasteiger partial charge in [-0.1, -0.05) is 24.3 Å². The highest BCUT2D eigenvalue weighted by Gasteiger charge is 2.24. The highest BCUT2D eigenvalue weighted by Crippen LogP contribution is 2.26. The van der Waals surface area contributed by atoms with E-state index in [0.29, 0.717) is 18.7 Å². The molecule has 0 bridgehead atoms. The number of carbonyl (C=O) groups excluding carboxylic acids is 1. The van der Waals surface area contributed by atoms with Gasteiger partial charge in [-0.3, -0.25) is 9.78 Å². The summed E-state index contributed by atoms with van der Waals surface area (Å²) in [6, 6.07) is 8.27. The first-order valence-corrected chi connectivity index (χ1v) is 8.14. The summed E-state index contributed by atoms with van der Waals surface area (Å²) < 4.78 is 5.13. The Labute approximate surface area is 140 Å². The van der Waals surface area contributed by atoms with Gasteiger partial charge in [-0.15, -0.1) is 0 Å². The fourth-order valence-electron chi connectivity index (χ4n) is 3.25. The van der Waals surface area contributed by atoms with Crippen molar-refractivity contribution in [2.24, 2.45) is 0 Å². The maximum absolute atomic E-state index is 12.6. The molecule has 2 aromatic heterocycles. The largest absolute Gasteiger partial charge is 0.471 e. The lowest BCUT2D eigenvalue weighted by Gasteiger charge is -2.36. The van der Waals surface area contributed by atoms with Gasteiger partial charge in [-0.2, -0.15) is 0 Å². The molecule has 3 aromatic rings. The lowest BCUT2D eigenvalue weighted by molar-refractivity contribution is 0.0745. The van der Waals surface area contributed by atoms with E-state index in [1.807, 2.05) is 36.4 Å². The first kappa shape index (κ1) is 14.8. The van der Waals surface area contributed by atoms with Crippen LogP contribution in [0, 0.1) is 6.92 Å². The van der Waals surface area contributed by atoms with Gasteiger partial charge in [-0.25, -0.2) is 0 Å². The molecule has 4 rings (SSSR count). The summed E-state index contributed by atoms with van der Waals surface area (Å²) in [5.41, 5.74) is 2.69. The Morgan fingerprint density at radius 3 is 2.62 bits per heavy atom. The molecule has 0 aliphatic carbocycles. The van der Waals surface area contributed by atoms with E-state index >= 15 is 0 Å². The lowest BCUT2D eigenvalue weighted by atomic mass is 10.1. The summed E-state index contributed by atoms with van der Waals surface area (Å²) in [7, 11) is 0. The van der Waals surface area contributed by atoms with Crippen LogP contribution in [-0.4, -0.2) is 42.0 Å². The highest BCUT2D eigenvalue weighted by atomic mass is 16.3. The average Bonchev–Trinajstić information content (AvgIpc) is 3.07. The van der Waals surface area contributed by atoms with E-state index in [1.165, 1.54) is 5.39 Å². The van der Waals surface area contributed by atoms with E-state index in [0.717, 1.165) is 29.7 Å². The monoisotopic (exact) mass is 321 g/mol. The Morgan fingerprint density at radius 2 is 1.88 bits per heavy atom. The number of rotatable bonds is 2. The summed E-state index contributed by atoms with van der Waals surface area (Å²) in [6.45, 7) is 4.91. The standard InChI is InChI=1S/C19H19N3O2/c1-14-12-24-13-17(14)19(23)22-8-6-21(7-9-22)18-11-20-10-15-4-2-3-5-16(15)18/h2-5,10-13H,6-9H2,1H3. The zero-order valence-corrected chi connectivity index (χ0v) is 13.6. The lowest BCUT2D eigenvalue weighted by Crippen LogP contribution is -2.49. The van der Waals surface area contributed by atoms with E-state index in [4.69, 9.17) is 4.42 Å². The Bertz CT molecular complexity index is 874. The molecule has 1 aromatic carbocycles. The fourth-order valence-corrected chi connectivity index (χ4v) is 3.25. The third-order valence-corrected chi connectivity index (χ3v) is 4.64. The number of hydrogen-bond donors (Lipinski definition) is 0. The summed E-state index contributed by atoms with van der Waals surface area (Å²) in [6.07, 6.45) is 6.96. The summed E-state index contributed by atoms with van der Waals surface area (Å²) in [5, 5.41) is 2.35. The Morgan fingerprint density at radius 1 is 1.08 bits per heavy atom. The summed E-state index contributed by atoms with van der Waals surface area (Å²) >= 11 is 0. The van der Waals surface area contributed by atoms with Gasteiger partial charge in [0.05, 0.1) is 23.7 Å². The van der Waals surface area contributed by atoms with Crippen LogP contribution in [0.15, 0.2) is 53.6 Å². The minimum Gasteiger partial charge on any atom is -0.471 e. The third-order valence-electron chi connectivity index (χ3n) is 4.64. The topological polar surface area (TPSA) is 49.6 Å². The van der Waals surface area contributed by atoms with Gasteiger partial charge in [-0.05, 0) is 12.5 Å². The minimum absolute atomic E-state index is 0.0527. The van der Waals surface area contributed by atoms with Crippen molar-refractivity contribution in [1.29, 1.82) is 0 Å². The number of amides is 1. The molecule has 1 fully saturated rings. The van der Waals surface area contributed by atoms with Crippen LogP contribution in [0.1, 0.15) is 15.9 Å². The van der Waals surface area contributed by atoms with Gasteiger partial charge in [0.15, 0.2) is 0 Å². The number of fused-ring (bicyclic) bond motifs is 1. The zero-order valence-electron chi connectivity index (χ0n) is 13.6. The molecule has 122 valence electrons. The molecule has 1 aliphatic heterocycles. The second kappa shape index (κ2) is 6.00. The van der Waals surface area contributed by atoms with Gasteiger partial charge in [0.1, 0.15) is 6.26 Å². The van der Waals surface area contributed by atoms with Gasteiger partial charge in [0, 0.05) is 43.1 Å². The zero-order chi connectivity index (χ0) is 16.5. The SMILES string of the molecule is Cc1cocc1C(=O)N1CCN(c2cncc3ccccc23)CC1. The van der Waals surface area contributed by atoms with Crippen LogP contribution in [0.25, 0.3) is 10.8 Å². The highest BCUT2D eigenvalue weighted by molar-refractivity contribution is 5.96. The number of benzene rings is 1. The van der Waals surface area contributed by atoms with Gasteiger partial charge < -0.3 is 14.2 Å². The number of hydrogen-bond acceptors (Lipinski definition) is 4. The molecule has 1 amide bonds. The fraction of sp³-hybridized carbons (Fsp3) is 0.263. The molecule has 0 spiro atoms. The molecule has 0 saturated carbocycles. The van der Waals surface area contributed by atoms with Crippen molar-refractivity contribution in [3.63, 3.8) is 0 Å². The first-order chi connectivity index (χ1) is 11.7. The van der Waals surface area contributed by atoms with Crippen molar-refractivity contribution < 1.29 is 9.21 Å².